The van der Waals surface area contributed by atoms with Crippen LogP contribution in [0.2, 0.25) is 0 Å². The molecule has 16 heavy (non-hydrogen) atoms. The normalized spacial score (nSPS) is 21.4. The quantitative estimate of drug-likeness (QED) is 0.791. The van der Waals surface area contributed by atoms with Crippen molar-refractivity contribution in [2.75, 3.05) is 13.1 Å². The zero-order valence-electron chi connectivity index (χ0n) is 9.33. The maximum absolute atomic E-state index is 10.8. The lowest BCUT2D eigenvalue weighted by Crippen LogP contribution is -2.24. The van der Waals surface area contributed by atoms with Gasteiger partial charge in [0.05, 0.1) is 12.5 Å². The Morgan fingerprint density at radius 1 is 1.69 bits per heavy atom. The summed E-state index contributed by atoms with van der Waals surface area (Å²) in [6.45, 7) is 5.02. The molecule has 0 bridgehead atoms. The monoisotopic (exact) mass is 224 g/mol. The van der Waals surface area contributed by atoms with Crippen molar-refractivity contribution in [2.24, 2.45) is 5.92 Å². The lowest BCUT2D eigenvalue weighted by molar-refractivity contribution is -0.141. The molecule has 88 valence electrons. The summed E-state index contributed by atoms with van der Waals surface area (Å²) in [5.41, 5.74) is 0. The number of carboxylic acids is 1. The zero-order valence-corrected chi connectivity index (χ0v) is 9.33. The molecule has 1 saturated heterocycles. The van der Waals surface area contributed by atoms with Gasteiger partial charge in [0.25, 0.3) is 0 Å². The predicted octanol–water partition coefficient (Wildman–Crippen LogP) is 0.204. The van der Waals surface area contributed by atoms with Crippen molar-refractivity contribution >= 4 is 5.97 Å². The maximum atomic E-state index is 10.8. The topological polar surface area (TPSA) is 71.2 Å². The predicted molar refractivity (Wildman–Crippen MR) is 56.7 cm³/mol. The largest absolute Gasteiger partial charge is 0.481 e. The van der Waals surface area contributed by atoms with E-state index in [0.717, 1.165) is 25.3 Å². The molecule has 1 atom stereocenters. The fourth-order valence-corrected chi connectivity index (χ4v) is 2.04. The summed E-state index contributed by atoms with van der Waals surface area (Å²) in [5.74, 6) is -0.00834. The van der Waals surface area contributed by atoms with Crippen LogP contribution in [0.5, 0.6) is 0 Å². The highest BCUT2D eigenvalue weighted by Gasteiger charge is 2.28. The van der Waals surface area contributed by atoms with Crippen molar-refractivity contribution in [1.82, 2.24) is 19.7 Å². The number of hydrogen-bond donors (Lipinski definition) is 1. The molecule has 0 aliphatic carbocycles. The molecular weight excluding hydrogens is 208 g/mol. The molecule has 1 N–H and O–H groups in total. The number of likely N-dealkylation sites (tertiary alicyclic amines) is 1. The SMILES string of the molecule is CCn1cnnc1CN1CCC(C(=O)O)C1. The van der Waals surface area contributed by atoms with Gasteiger partial charge in [-0.2, -0.15) is 0 Å². The van der Waals surface area contributed by atoms with Crippen molar-refractivity contribution in [3.8, 4) is 0 Å². The Labute approximate surface area is 93.9 Å². The molecule has 0 saturated carbocycles. The molecule has 2 heterocycles. The minimum Gasteiger partial charge on any atom is -0.481 e. The number of aryl methyl sites for hydroxylation is 1. The Morgan fingerprint density at radius 3 is 3.12 bits per heavy atom. The highest BCUT2D eigenvalue weighted by Crippen LogP contribution is 2.17. The van der Waals surface area contributed by atoms with E-state index < -0.39 is 5.97 Å². The minimum absolute atomic E-state index is 0.224. The van der Waals surface area contributed by atoms with Gasteiger partial charge < -0.3 is 9.67 Å². The van der Waals surface area contributed by atoms with E-state index in [0.29, 0.717) is 13.1 Å². The van der Waals surface area contributed by atoms with E-state index in [1.165, 1.54) is 0 Å². The fraction of sp³-hybridized carbons (Fsp3) is 0.700. The van der Waals surface area contributed by atoms with E-state index in [-0.39, 0.29) is 5.92 Å². The fourth-order valence-electron chi connectivity index (χ4n) is 2.04. The standard InChI is InChI=1S/C10H16N4O2/c1-2-14-7-11-12-9(14)6-13-4-3-8(5-13)10(15)16/h7-8H,2-6H2,1H3,(H,15,16). The van der Waals surface area contributed by atoms with Gasteiger partial charge in [0.1, 0.15) is 12.2 Å². The molecule has 1 aliphatic heterocycles. The molecule has 1 aromatic heterocycles. The zero-order chi connectivity index (χ0) is 11.5. The van der Waals surface area contributed by atoms with E-state index in [1.54, 1.807) is 6.33 Å². The molecule has 1 fully saturated rings. The second kappa shape index (κ2) is 4.61. The summed E-state index contributed by atoms with van der Waals surface area (Å²) in [6.07, 6.45) is 2.44. The highest BCUT2D eigenvalue weighted by molar-refractivity contribution is 5.70. The van der Waals surface area contributed by atoms with Crippen LogP contribution in [0.25, 0.3) is 0 Å². The molecule has 0 aromatic carbocycles. The van der Waals surface area contributed by atoms with Gasteiger partial charge in [0.15, 0.2) is 0 Å². The number of nitrogens with zero attached hydrogens (tertiary/aromatic N) is 4. The second-order valence-electron chi connectivity index (χ2n) is 4.09. The third-order valence-electron chi connectivity index (χ3n) is 3.02. The lowest BCUT2D eigenvalue weighted by Gasteiger charge is -2.14. The molecule has 2 rings (SSSR count). The van der Waals surface area contributed by atoms with E-state index in [1.807, 2.05) is 11.5 Å². The van der Waals surface area contributed by atoms with E-state index in [4.69, 9.17) is 5.11 Å². The van der Waals surface area contributed by atoms with Crippen LogP contribution < -0.4 is 0 Å². The summed E-state index contributed by atoms with van der Waals surface area (Å²) >= 11 is 0. The summed E-state index contributed by atoms with van der Waals surface area (Å²) < 4.78 is 1.98. The van der Waals surface area contributed by atoms with Gasteiger partial charge in [0.2, 0.25) is 0 Å². The Morgan fingerprint density at radius 2 is 2.50 bits per heavy atom. The molecule has 0 spiro atoms. The molecule has 1 aromatic rings. The number of aliphatic carboxylic acids is 1. The number of rotatable bonds is 4. The van der Waals surface area contributed by atoms with Gasteiger partial charge in [-0.1, -0.05) is 0 Å². The molecule has 6 nitrogen and oxygen atoms in total. The van der Waals surface area contributed by atoms with E-state index >= 15 is 0 Å². The highest BCUT2D eigenvalue weighted by atomic mass is 16.4. The van der Waals surface area contributed by atoms with E-state index in [9.17, 15) is 4.79 Å². The molecule has 0 radical (unpaired) electrons. The number of aromatic nitrogens is 3. The molecule has 6 heteroatoms. The molecule has 1 unspecified atom stereocenters. The Bertz CT molecular complexity index is 377. The van der Waals surface area contributed by atoms with Gasteiger partial charge in [-0.15, -0.1) is 10.2 Å². The van der Waals surface area contributed by atoms with Gasteiger partial charge in [-0.05, 0) is 19.9 Å². The van der Waals surface area contributed by atoms with Crippen molar-refractivity contribution < 1.29 is 9.90 Å². The van der Waals surface area contributed by atoms with Crippen LogP contribution in [-0.4, -0.2) is 43.8 Å². The maximum Gasteiger partial charge on any atom is 0.307 e. The number of hydrogen-bond acceptors (Lipinski definition) is 4. The average Bonchev–Trinajstić information content (AvgIpc) is 2.87. The van der Waals surface area contributed by atoms with Crippen molar-refractivity contribution in [3.05, 3.63) is 12.2 Å². The van der Waals surface area contributed by atoms with Crippen LogP contribution in [0.3, 0.4) is 0 Å². The summed E-state index contributed by atoms with van der Waals surface area (Å²) in [5, 5.41) is 16.8. The van der Waals surface area contributed by atoms with Crippen molar-refractivity contribution in [1.29, 1.82) is 0 Å². The van der Waals surface area contributed by atoms with Crippen LogP contribution in [0.4, 0.5) is 0 Å². The Hall–Kier alpha value is -1.43. The number of carbonyl (C=O) groups is 1. The van der Waals surface area contributed by atoms with Gasteiger partial charge in [0, 0.05) is 13.1 Å². The Balaban J connectivity index is 1.94. The molecule has 0 amide bonds. The summed E-state index contributed by atoms with van der Waals surface area (Å²) in [7, 11) is 0. The van der Waals surface area contributed by atoms with Crippen molar-refractivity contribution in [2.45, 2.75) is 26.4 Å². The van der Waals surface area contributed by atoms with Crippen molar-refractivity contribution in [3.63, 3.8) is 0 Å². The molecular formula is C10H16N4O2. The van der Waals surface area contributed by atoms with Crippen LogP contribution in [0.1, 0.15) is 19.2 Å². The first kappa shape index (κ1) is 11.1. The summed E-state index contributed by atoms with van der Waals surface area (Å²) in [4.78, 5) is 12.9. The number of carboxylic acid groups (broad SMARTS) is 1. The van der Waals surface area contributed by atoms with Crippen LogP contribution in [0, 0.1) is 5.92 Å². The van der Waals surface area contributed by atoms with Crippen LogP contribution in [-0.2, 0) is 17.9 Å². The average molecular weight is 224 g/mol. The minimum atomic E-state index is -0.695. The van der Waals surface area contributed by atoms with Gasteiger partial charge in [-0.25, -0.2) is 0 Å². The molecule has 1 aliphatic rings. The van der Waals surface area contributed by atoms with Crippen LogP contribution in [0.15, 0.2) is 6.33 Å². The Kier molecular flexibility index (Phi) is 3.19. The third kappa shape index (κ3) is 2.21. The van der Waals surface area contributed by atoms with Gasteiger partial charge >= 0.3 is 5.97 Å². The van der Waals surface area contributed by atoms with E-state index in [2.05, 4.69) is 15.1 Å². The lowest BCUT2D eigenvalue weighted by atomic mass is 10.1. The third-order valence-corrected chi connectivity index (χ3v) is 3.02. The first-order valence-electron chi connectivity index (χ1n) is 5.52. The first-order valence-corrected chi connectivity index (χ1v) is 5.52. The first-order chi connectivity index (χ1) is 7.70. The summed E-state index contributed by atoms with van der Waals surface area (Å²) in [6, 6.07) is 0. The van der Waals surface area contributed by atoms with Gasteiger partial charge in [-0.3, -0.25) is 9.69 Å². The second-order valence-corrected chi connectivity index (χ2v) is 4.09. The smallest absolute Gasteiger partial charge is 0.307 e. The van der Waals surface area contributed by atoms with Crippen LogP contribution >= 0.6 is 0 Å².